The minimum Gasteiger partial charge on any atom is -0.347 e. The van der Waals surface area contributed by atoms with Crippen molar-refractivity contribution >= 4 is 21.5 Å². The van der Waals surface area contributed by atoms with Gasteiger partial charge in [-0.2, -0.15) is 0 Å². The van der Waals surface area contributed by atoms with Gasteiger partial charge in [-0.25, -0.2) is 0 Å². The van der Waals surface area contributed by atoms with E-state index in [1.165, 1.54) is 43.8 Å². The third-order valence-corrected chi connectivity index (χ3v) is 7.88. The van der Waals surface area contributed by atoms with Gasteiger partial charge in [0, 0.05) is 11.8 Å². The Balaban J connectivity index is 1.41. The highest BCUT2D eigenvalue weighted by atomic mass is 16.7. The Kier molecular flexibility index (Phi) is 3.85. The van der Waals surface area contributed by atoms with Crippen LogP contribution in [0.25, 0.3) is 21.5 Å². The molecule has 0 aromatic heterocycles. The molecule has 0 atom stereocenters. The Labute approximate surface area is 182 Å². The van der Waals surface area contributed by atoms with Crippen LogP contribution in [-0.2, 0) is 35.2 Å². The lowest BCUT2D eigenvalue weighted by Gasteiger charge is -2.38. The molecule has 1 fully saturated rings. The summed E-state index contributed by atoms with van der Waals surface area (Å²) in [6.07, 6.45) is 4.07. The average Bonchev–Trinajstić information content (AvgIpc) is 3.21. The number of hydrogen-bond acceptors (Lipinski definition) is 2. The SMILES string of the molecule is c1ccc2cc3c(cc2c1)CC1Cc2cc4ccccc4cc2CC(C3)C12OCCO2. The van der Waals surface area contributed by atoms with Crippen molar-refractivity contribution in [2.45, 2.75) is 31.5 Å². The van der Waals surface area contributed by atoms with Crippen LogP contribution in [0.2, 0.25) is 0 Å². The smallest absolute Gasteiger partial charge is 0.175 e. The maximum absolute atomic E-state index is 6.54. The number of ether oxygens (including phenoxy) is 2. The van der Waals surface area contributed by atoms with Crippen LogP contribution in [0.4, 0.5) is 0 Å². The molecule has 0 amide bonds. The molecule has 2 heteroatoms. The first kappa shape index (κ1) is 17.9. The molecule has 4 aromatic carbocycles. The summed E-state index contributed by atoms with van der Waals surface area (Å²) in [5, 5.41) is 5.35. The molecule has 0 N–H and O–H groups in total. The minimum absolute atomic E-state index is 0.338. The van der Waals surface area contributed by atoms with Crippen LogP contribution in [0.3, 0.4) is 0 Å². The van der Waals surface area contributed by atoms with Crippen LogP contribution in [-0.4, -0.2) is 19.0 Å². The van der Waals surface area contributed by atoms with Crippen molar-refractivity contribution in [3.05, 3.63) is 95.1 Å². The second-order valence-electron chi connectivity index (χ2n) is 9.56. The van der Waals surface area contributed by atoms with Gasteiger partial charge in [0.15, 0.2) is 5.79 Å². The third-order valence-electron chi connectivity index (χ3n) is 7.88. The monoisotopic (exact) mass is 406 g/mol. The molecule has 0 saturated carbocycles. The molecular weight excluding hydrogens is 380 g/mol. The Morgan fingerprint density at radius 2 is 0.839 bits per heavy atom. The van der Waals surface area contributed by atoms with Crippen molar-refractivity contribution in [1.29, 1.82) is 0 Å². The predicted octanol–water partition coefficient (Wildman–Crippen LogP) is 5.87. The van der Waals surface area contributed by atoms with Gasteiger partial charge in [0.2, 0.25) is 0 Å². The summed E-state index contributed by atoms with van der Waals surface area (Å²) >= 11 is 0. The van der Waals surface area contributed by atoms with Crippen molar-refractivity contribution in [3.63, 3.8) is 0 Å². The molecule has 0 unspecified atom stereocenters. The van der Waals surface area contributed by atoms with Crippen molar-refractivity contribution in [3.8, 4) is 0 Å². The van der Waals surface area contributed by atoms with Crippen LogP contribution in [0.15, 0.2) is 72.8 Å². The van der Waals surface area contributed by atoms with E-state index < -0.39 is 5.79 Å². The summed E-state index contributed by atoms with van der Waals surface area (Å²) in [5.74, 6) is 0.214. The number of rotatable bonds is 0. The summed E-state index contributed by atoms with van der Waals surface area (Å²) in [6, 6.07) is 27.2. The van der Waals surface area contributed by atoms with E-state index in [2.05, 4.69) is 72.8 Å². The van der Waals surface area contributed by atoms with E-state index in [1.807, 2.05) is 0 Å². The highest BCUT2D eigenvalue weighted by molar-refractivity contribution is 5.85. The largest absolute Gasteiger partial charge is 0.347 e. The van der Waals surface area contributed by atoms with Gasteiger partial charge in [0.05, 0.1) is 13.2 Å². The fraction of sp³-hybridized carbons (Fsp3) is 0.310. The molecule has 154 valence electrons. The fourth-order valence-electron chi connectivity index (χ4n) is 6.45. The van der Waals surface area contributed by atoms with Crippen LogP contribution in [0.1, 0.15) is 22.3 Å². The lowest BCUT2D eigenvalue weighted by molar-refractivity contribution is -0.227. The second kappa shape index (κ2) is 6.66. The first-order valence-corrected chi connectivity index (χ1v) is 11.6. The van der Waals surface area contributed by atoms with E-state index in [0.717, 1.165) is 25.7 Å². The van der Waals surface area contributed by atoms with Gasteiger partial charge < -0.3 is 9.47 Å². The van der Waals surface area contributed by atoms with Crippen LogP contribution in [0.5, 0.6) is 0 Å². The van der Waals surface area contributed by atoms with Crippen LogP contribution < -0.4 is 0 Å². The highest BCUT2D eigenvalue weighted by Gasteiger charge is 2.53. The fourth-order valence-corrected chi connectivity index (χ4v) is 6.45. The summed E-state index contributed by atoms with van der Waals surface area (Å²) in [4.78, 5) is 0. The van der Waals surface area contributed by atoms with Gasteiger partial charge in [-0.15, -0.1) is 0 Å². The average molecular weight is 407 g/mol. The molecule has 3 aliphatic rings. The van der Waals surface area contributed by atoms with E-state index in [0.29, 0.717) is 25.0 Å². The molecule has 7 rings (SSSR count). The van der Waals surface area contributed by atoms with E-state index in [9.17, 15) is 0 Å². The Bertz CT molecular complexity index is 1130. The number of benzene rings is 4. The van der Waals surface area contributed by atoms with Crippen molar-refractivity contribution in [1.82, 2.24) is 0 Å². The van der Waals surface area contributed by atoms with E-state index in [4.69, 9.17) is 9.47 Å². The molecular formula is C29H26O2. The number of hydrogen-bond donors (Lipinski definition) is 0. The molecule has 2 nitrogen and oxygen atoms in total. The van der Waals surface area contributed by atoms with Gasteiger partial charge >= 0.3 is 0 Å². The predicted molar refractivity (Wildman–Crippen MR) is 124 cm³/mol. The highest BCUT2D eigenvalue weighted by Crippen LogP contribution is 2.48. The minimum atomic E-state index is -0.462. The van der Waals surface area contributed by atoms with E-state index in [1.54, 1.807) is 0 Å². The Hall–Kier alpha value is -2.68. The van der Waals surface area contributed by atoms with E-state index >= 15 is 0 Å². The molecule has 2 aliphatic carbocycles. The summed E-state index contributed by atoms with van der Waals surface area (Å²) in [5.41, 5.74) is 5.92. The lowest BCUT2D eigenvalue weighted by Crippen LogP contribution is -2.47. The summed E-state index contributed by atoms with van der Waals surface area (Å²) < 4.78 is 13.1. The molecule has 1 spiro atoms. The molecule has 0 radical (unpaired) electrons. The van der Waals surface area contributed by atoms with Crippen molar-refractivity contribution in [2.24, 2.45) is 11.8 Å². The first-order chi connectivity index (χ1) is 15.3. The Morgan fingerprint density at radius 3 is 1.16 bits per heavy atom. The summed E-state index contributed by atoms with van der Waals surface area (Å²) in [6.45, 7) is 1.42. The molecule has 1 heterocycles. The topological polar surface area (TPSA) is 18.5 Å². The van der Waals surface area contributed by atoms with Crippen LogP contribution >= 0.6 is 0 Å². The first-order valence-electron chi connectivity index (χ1n) is 11.6. The third kappa shape index (κ3) is 2.71. The molecule has 4 aromatic rings. The zero-order chi connectivity index (χ0) is 20.4. The maximum Gasteiger partial charge on any atom is 0.175 e. The van der Waals surface area contributed by atoms with Gasteiger partial charge in [-0.3, -0.25) is 0 Å². The lowest BCUT2D eigenvalue weighted by atomic mass is 9.82. The van der Waals surface area contributed by atoms with Gasteiger partial charge in [-0.1, -0.05) is 72.8 Å². The van der Waals surface area contributed by atoms with E-state index in [-0.39, 0.29) is 0 Å². The van der Waals surface area contributed by atoms with Crippen LogP contribution in [0, 0.1) is 11.8 Å². The molecule has 1 aliphatic heterocycles. The summed E-state index contributed by atoms with van der Waals surface area (Å²) in [7, 11) is 0. The number of fused-ring (bicyclic) bond motifs is 4. The quantitative estimate of drug-likeness (QED) is 0.364. The van der Waals surface area contributed by atoms with Crippen molar-refractivity contribution in [2.75, 3.05) is 13.2 Å². The Morgan fingerprint density at radius 1 is 0.516 bits per heavy atom. The molecule has 2 bridgehead atoms. The van der Waals surface area contributed by atoms with Gasteiger partial charge in [-0.05, 0) is 69.5 Å². The zero-order valence-electron chi connectivity index (χ0n) is 17.6. The van der Waals surface area contributed by atoms with Crippen molar-refractivity contribution < 1.29 is 9.47 Å². The standard InChI is InChI=1S/C29H26O2/c1-2-6-20-12-24-16-28-18-26-14-22-8-4-3-7-21(22)13-25(26)17-27(29(28)30-9-10-31-29)15-23(24)11-19(20)5-1/h1-8,11-14,27-28H,9-10,15-18H2. The maximum atomic E-state index is 6.54. The molecule has 1 saturated heterocycles. The van der Waals surface area contributed by atoms with Gasteiger partial charge in [0.25, 0.3) is 0 Å². The zero-order valence-corrected chi connectivity index (χ0v) is 17.6. The van der Waals surface area contributed by atoms with Gasteiger partial charge in [0.1, 0.15) is 0 Å². The second-order valence-corrected chi connectivity index (χ2v) is 9.56. The normalized spacial score (nSPS) is 24.0. The molecule has 31 heavy (non-hydrogen) atoms.